The molecular weight excluding hydrogens is 486 g/mol. The van der Waals surface area contributed by atoms with Crippen LogP contribution >= 0.6 is 11.3 Å². The first-order valence-corrected chi connectivity index (χ1v) is 13.6. The summed E-state index contributed by atoms with van der Waals surface area (Å²) >= 11 is 1.56. The summed E-state index contributed by atoms with van der Waals surface area (Å²) in [6.45, 7) is 2.63. The van der Waals surface area contributed by atoms with E-state index in [4.69, 9.17) is 4.74 Å². The van der Waals surface area contributed by atoms with Crippen LogP contribution in [0.4, 0.5) is 0 Å². The molecule has 1 N–H and O–H groups in total. The molecule has 4 aromatic rings. The molecule has 8 nitrogen and oxygen atoms in total. The molecule has 192 valence electrons. The van der Waals surface area contributed by atoms with Crippen molar-refractivity contribution in [2.45, 2.75) is 57.8 Å². The van der Waals surface area contributed by atoms with E-state index in [1.807, 2.05) is 73.0 Å². The number of fused-ring (bicyclic) bond motifs is 1. The number of nitrogens with zero attached hydrogens (tertiary/aromatic N) is 4. The van der Waals surface area contributed by atoms with Crippen LogP contribution in [0.2, 0.25) is 0 Å². The normalized spacial score (nSPS) is 14.5. The molecular formula is C28H31N5O3S. The van der Waals surface area contributed by atoms with E-state index in [-0.39, 0.29) is 24.4 Å². The number of hydrogen-bond donors (Lipinski definition) is 1. The van der Waals surface area contributed by atoms with E-state index in [2.05, 4.69) is 15.6 Å². The molecule has 0 radical (unpaired) electrons. The highest BCUT2D eigenvalue weighted by atomic mass is 32.1. The van der Waals surface area contributed by atoms with E-state index in [9.17, 15) is 9.59 Å². The molecule has 2 amide bonds. The third-order valence-corrected chi connectivity index (χ3v) is 7.57. The summed E-state index contributed by atoms with van der Waals surface area (Å²) in [6, 6.07) is 18.2. The summed E-state index contributed by atoms with van der Waals surface area (Å²) < 4.78 is 7.52. The molecule has 1 aliphatic rings. The van der Waals surface area contributed by atoms with Gasteiger partial charge in [-0.2, -0.15) is 0 Å². The number of ether oxygens (including phenoxy) is 1. The second-order valence-corrected chi connectivity index (χ2v) is 10.2. The van der Waals surface area contributed by atoms with Gasteiger partial charge in [-0.25, -0.2) is 4.68 Å². The lowest BCUT2D eigenvalue weighted by atomic mass is 10.0. The second kappa shape index (κ2) is 11.6. The van der Waals surface area contributed by atoms with Crippen molar-refractivity contribution < 1.29 is 14.3 Å². The van der Waals surface area contributed by atoms with Gasteiger partial charge >= 0.3 is 0 Å². The van der Waals surface area contributed by atoms with Gasteiger partial charge in [0.25, 0.3) is 0 Å². The van der Waals surface area contributed by atoms with E-state index < -0.39 is 6.04 Å². The van der Waals surface area contributed by atoms with Gasteiger partial charge in [-0.3, -0.25) is 9.59 Å². The lowest BCUT2D eigenvalue weighted by Crippen LogP contribution is -2.46. The predicted octanol–water partition coefficient (Wildman–Crippen LogP) is 4.72. The third kappa shape index (κ3) is 5.67. The zero-order chi connectivity index (χ0) is 25.6. The van der Waals surface area contributed by atoms with Crippen LogP contribution in [0.25, 0.3) is 11.0 Å². The molecule has 37 heavy (non-hydrogen) atoms. The fraction of sp³-hybridized carbons (Fsp3) is 0.357. The lowest BCUT2D eigenvalue weighted by molar-refractivity contribution is -0.142. The van der Waals surface area contributed by atoms with Crippen molar-refractivity contribution >= 4 is 34.2 Å². The Morgan fingerprint density at radius 3 is 2.68 bits per heavy atom. The highest BCUT2D eigenvalue weighted by Gasteiger charge is 2.35. The summed E-state index contributed by atoms with van der Waals surface area (Å²) in [4.78, 5) is 30.6. The van der Waals surface area contributed by atoms with Crippen molar-refractivity contribution in [1.82, 2.24) is 25.2 Å². The van der Waals surface area contributed by atoms with Crippen molar-refractivity contribution in [1.29, 1.82) is 0 Å². The fourth-order valence-electron chi connectivity index (χ4n) is 4.94. The van der Waals surface area contributed by atoms with Crippen LogP contribution < -0.4 is 10.1 Å². The van der Waals surface area contributed by atoms with Crippen molar-refractivity contribution in [3.63, 3.8) is 0 Å². The Hall–Kier alpha value is -3.72. The van der Waals surface area contributed by atoms with E-state index in [1.165, 1.54) is 0 Å². The molecule has 0 spiro atoms. The summed E-state index contributed by atoms with van der Waals surface area (Å²) in [5, 5.41) is 13.6. The van der Waals surface area contributed by atoms with Gasteiger partial charge in [0.1, 0.15) is 23.9 Å². The molecule has 0 saturated heterocycles. The summed E-state index contributed by atoms with van der Waals surface area (Å²) in [5.41, 5.74) is 2.17. The number of carbonyl (C=O) groups excluding carboxylic acids is 2. The molecule has 2 aromatic carbocycles. The molecule has 0 aliphatic heterocycles. The Morgan fingerprint density at radius 2 is 1.89 bits per heavy atom. The van der Waals surface area contributed by atoms with Crippen LogP contribution in [0.15, 0.2) is 66.0 Å². The number of hydrogen-bond acceptors (Lipinski definition) is 6. The third-order valence-electron chi connectivity index (χ3n) is 6.71. The average molecular weight is 518 g/mol. The molecule has 1 saturated carbocycles. The number of benzene rings is 2. The van der Waals surface area contributed by atoms with Gasteiger partial charge in [-0.15, -0.1) is 16.4 Å². The van der Waals surface area contributed by atoms with Gasteiger partial charge in [-0.05, 0) is 49.4 Å². The monoisotopic (exact) mass is 517 g/mol. The Morgan fingerprint density at radius 1 is 1.11 bits per heavy atom. The van der Waals surface area contributed by atoms with Crippen LogP contribution in [-0.4, -0.2) is 44.4 Å². The Labute approximate surface area is 220 Å². The zero-order valence-electron chi connectivity index (χ0n) is 20.9. The minimum Gasteiger partial charge on any atom is -0.494 e. The molecule has 2 heterocycles. The number of nitrogens with one attached hydrogen (secondary N) is 1. The van der Waals surface area contributed by atoms with Gasteiger partial charge in [0.15, 0.2) is 0 Å². The van der Waals surface area contributed by atoms with Crippen LogP contribution in [0.3, 0.4) is 0 Å². The number of para-hydroxylation sites is 2. The Balaban J connectivity index is 1.54. The first kappa shape index (κ1) is 25.0. The quantitative estimate of drug-likeness (QED) is 0.329. The second-order valence-electron chi connectivity index (χ2n) is 9.20. The maximum Gasteiger partial charge on any atom is 0.247 e. The molecule has 1 fully saturated rings. The summed E-state index contributed by atoms with van der Waals surface area (Å²) in [6.07, 6.45) is 4.11. The van der Waals surface area contributed by atoms with E-state index in [0.29, 0.717) is 24.5 Å². The van der Waals surface area contributed by atoms with Crippen molar-refractivity contribution in [3.05, 3.63) is 76.5 Å². The maximum atomic E-state index is 14.0. The van der Waals surface area contributed by atoms with E-state index in [0.717, 1.165) is 41.6 Å². The van der Waals surface area contributed by atoms with E-state index >= 15 is 0 Å². The van der Waals surface area contributed by atoms with Crippen molar-refractivity contribution in [2.24, 2.45) is 0 Å². The molecule has 2 aromatic heterocycles. The van der Waals surface area contributed by atoms with Gasteiger partial charge < -0.3 is 15.0 Å². The Kier molecular flexibility index (Phi) is 7.79. The van der Waals surface area contributed by atoms with Gasteiger partial charge in [0.05, 0.1) is 18.7 Å². The topological polar surface area (TPSA) is 89.4 Å². The van der Waals surface area contributed by atoms with Gasteiger partial charge in [0.2, 0.25) is 11.8 Å². The van der Waals surface area contributed by atoms with Gasteiger partial charge in [0, 0.05) is 16.5 Å². The summed E-state index contributed by atoms with van der Waals surface area (Å²) in [7, 11) is 0. The minimum atomic E-state index is -0.854. The number of carbonyl (C=O) groups is 2. The standard InChI is InChI=1S/C28H31N5O3S/c1-2-36-25-16-8-5-13-22(25)27(28(35)29-20-10-3-4-11-20)32(18-21-12-9-17-37-21)26(34)19-33-24-15-7-6-14-23(24)30-31-33/h5-9,12-17,20,27H,2-4,10-11,18-19H2,1H3,(H,29,35). The molecule has 1 aliphatic carbocycles. The number of aromatic nitrogens is 3. The average Bonchev–Trinajstić information content (AvgIpc) is 3.68. The maximum absolute atomic E-state index is 14.0. The minimum absolute atomic E-state index is 0.0318. The molecule has 0 bridgehead atoms. The van der Waals surface area contributed by atoms with Crippen molar-refractivity contribution in [2.75, 3.05) is 6.61 Å². The van der Waals surface area contributed by atoms with Crippen molar-refractivity contribution in [3.8, 4) is 5.75 Å². The number of rotatable bonds is 10. The summed E-state index contributed by atoms with van der Waals surface area (Å²) in [5.74, 6) is 0.195. The first-order chi connectivity index (χ1) is 18.1. The van der Waals surface area contributed by atoms with Gasteiger partial charge in [-0.1, -0.05) is 54.5 Å². The molecule has 5 rings (SSSR count). The number of amides is 2. The molecule has 9 heteroatoms. The highest BCUT2D eigenvalue weighted by molar-refractivity contribution is 7.09. The number of thiophene rings is 1. The lowest BCUT2D eigenvalue weighted by Gasteiger charge is -2.33. The van der Waals surface area contributed by atoms with Crippen LogP contribution in [-0.2, 0) is 22.7 Å². The molecule has 1 atom stereocenters. The fourth-order valence-corrected chi connectivity index (χ4v) is 5.64. The van der Waals surface area contributed by atoms with Crippen LogP contribution in [0, 0.1) is 0 Å². The van der Waals surface area contributed by atoms with Crippen LogP contribution in [0.5, 0.6) is 5.75 Å². The SMILES string of the molecule is CCOc1ccccc1C(C(=O)NC1CCCC1)N(Cc1cccs1)C(=O)Cn1nnc2ccccc21. The van der Waals surface area contributed by atoms with Crippen LogP contribution in [0.1, 0.15) is 49.1 Å². The first-order valence-electron chi connectivity index (χ1n) is 12.8. The Bertz CT molecular complexity index is 1350. The molecule has 1 unspecified atom stereocenters. The predicted molar refractivity (Wildman–Crippen MR) is 143 cm³/mol. The smallest absolute Gasteiger partial charge is 0.247 e. The largest absolute Gasteiger partial charge is 0.494 e. The highest BCUT2D eigenvalue weighted by Crippen LogP contribution is 2.33. The zero-order valence-corrected chi connectivity index (χ0v) is 21.7. The van der Waals surface area contributed by atoms with E-state index in [1.54, 1.807) is 20.9 Å².